The Kier molecular flexibility index (Phi) is 6.74. The molecule has 0 aliphatic heterocycles. The summed E-state index contributed by atoms with van der Waals surface area (Å²) < 4.78 is 23.6. The lowest BCUT2D eigenvalue weighted by Crippen LogP contribution is -2.35. The second-order valence-corrected chi connectivity index (χ2v) is 8.57. The van der Waals surface area contributed by atoms with E-state index in [-0.39, 0.29) is 17.9 Å². The van der Waals surface area contributed by atoms with Crippen LogP contribution in [-0.2, 0) is 32.3 Å². The topological polar surface area (TPSA) is 101 Å². The van der Waals surface area contributed by atoms with E-state index in [1.54, 1.807) is 18.2 Å². The number of carboxylic acids is 1. The van der Waals surface area contributed by atoms with Crippen molar-refractivity contribution in [3.8, 4) is 0 Å². The van der Waals surface area contributed by atoms with Gasteiger partial charge in [0, 0.05) is 12.8 Å². The lowest BCUT2D eigenvalue weighted by Gasteiger charge is -2.14. The Hall–Kier alpha value is -2.67. The van der Waals surface area contributed by atoms with E-state index in [9.17, 15) is 23.1 Å². The molecule has 0 aromatic heterocycles. The highest BCUT2D eigenvalue weighted by Crippen LogP contribution is 2.16. The first-order valence-corrected chi connectivity index (χ1v) is 10.4. The van der Waals surface area contributed by atoms with Crippen LogP contribution in [0.4, 0.5) is 0 Å². The van der Waals surface area contributed by atoms with Gasteiger partial charge in [-0.2, -0.15) is 0 Å². The minimum Gasteiger partial charge on any atom is -0.481 e. The number of hydrogen-bond donors (Lipinski definition) is 2. The maximum Gasteiger partial charge on any atom is 0.308 e. The van der Waals surface area contributed by atoms with Crippen LogP contribution in [0.2, 0.25) is 0 Å². The van der Waals surface area contributed by atoms with Crippen LogP contribution >= 0.6 is 0 Å². The molecule has 0 saturated carbocycles. The quantitative estimate of drug-likeness (QED) is 0.719. The Morgan fingerprint density at radius 2 is 1.81 bits per heavy atom. The number of amides is 1. The number of hydrogen-bond acceptors (Lipinski definition) is 4. The summed E-state index contributed by atoms with van der Waals surface area (Å²) in [6.45, 7) is 1.91. The zero-order valence-corrected chi connectivity index (χ0v) is 16.1. The fourth-order valence-electron chi connectivity index (χ4n) is 2.85. The largest absolute Gasteiger partial charge is 0.481 e. The zero-order chi connectivity index (χ0) is 20.0. The molecule has 27 heavy (non-hydrogen) atoms. The number of benzene rings is 2. The smallest absolute Gasteiger partial charge is 0.308 e. The van der Waals surface area contributed by atoms with Gasteiger partial charge in [0.1, 0.15) is 0 Å². The Morgan fingerprint density at radius 3 is 2.44 bits per heavy atom. The first kappa shape index (κ1) is 20.6. The third-order valence-electron chi connectivity index (χ3n) is 4.18. The molecule has 0 radical (unpaired) electrons. The summed E-state index contributed by atoms with van der Waals surface area (Å²) in [6.07, 6.45) is 1.27. The second kappa shape index (κ2) is 8.81. The third-order valence-corrected chi connectivity index (χ3v) is 5.38. The van der Waals surface area contributed by atoms with Crippen molar-refractivity contribution in [2.45, 2.75) is 24.7 Å². The van der Waals surface area contributed by atoms with Crippen molar-refractivity contribution in [3.63, 3.8) is 0 Å². The number of nitrogens with one attached hydrogen (secondary N) is 1. The van der Waals surface area contributed by atoms with Crippen LogP contribution in [-0.4, -0.2) is 38.2 Å². The summed E-state index contributed by atoms with van der Waals surface area (Å²) in [6, 6.07) is 13.9. The van der Waals surface area contributed by atoms with Gasteiger partial charge in [-0.15, -0.1) is 0 Å². The summed E-state index contributed by atoms with van der Waals surface area (Å²) in [7, 11) is -3.44. The van der Waals surface area contributed by atoms with Gasteiger partial charge in [0.15, 0.2) is 9.84 Å². The molecule has 0 saturated heterocycles. The van der Waals surface area contributed by atoms with Crippen LogP contribution in [0, 0.1) is 12.8 Å². The number of aryl methyl sites for hydroxylation is 1. The molecule has 0 fully saturated rings. The number of sulfone groups is 1. The van der Waals surface area contributed by atoms with Crippen molar-refractivity contribution in [2.24, 2.45) is 5.92 Å². The molecule has 0 aliphatic carbocycles. The zero-order valence-electron chi connectivity index (χ0n) is 15.3. The summed E-state index contributed by atoms with van der Waals surface area (Å²) in [5.74, 6) is -2.17. The fourth-order valence-corrected chi connectivity index (χ4v) is 3.80. The molecule has 2 aromatic rings. The fraction of sp³-hybridized carbons (Fsp3) is 0.300. The summed E-state index contributed by atoms with van der Waals surface area (Å²) in [5.41, 5.74) is 2.32. The van der Waals surface area contributed by atoms with E-state index in [2.05, 4.69) is 5.32 Å². The number of rotatable bonds is 8. The molecule has 2 N–H and O–H groups in total. The number of aliphatic carboxylic acids is 1. The van der Waals surface area contributed by atoms with Gasteiger partial charge >= 0.3 is 5.97 Å². The molecule has 1 atom stereocenters. The van der Waals surface area contributed by atoms with Gasteiger partial charge in [0.2, 0.25) is 5.91 Å². The lowest BCUT2D eigenvalue weighted by atomic mass is 9.98. The third kappa shape index (κ3) is 6.21. The van der Waals surface area contributed by atoms with Gasteiger partial charge in [-0.05, 0) is 30.5 Å². The highest BCUT2D eigenvalue weighted by atomic mass is 32.2. The SMILES string of the molecule is Cc1cccc(CC(CNC(=O)Cc2ccccc2S(C)(=O)=O)C(=O)O)c1. The van der Waals surface area contributed by atoms with E-state index in [1.165, 1.54) is 6.07 Å². The first-order chi connectivity index (χ1) is 12.7. The van der Waals surface area contributed by atoms with Crippen molar-refractivity contribution in [1.29, 1.82) is 0 Å². The van der Waals surface area contributed by atoms with E-state index in [0.29, 0.717) is 12.0 Å². The number of carbonyl (C=O) groups is 2. The van der Waals surface area contributed by atoms with Crippen molar-refractivity contribution >= 4 is 21.7 Å². The molecular formula is C20H23NO5S. The van der Waals surface area contributed by atoms with Gasteiger partial charge in [-0.1, -0.05) is 48.0 Å². The van der Waals surface area contributed by atoms with Gasteiger partial charge in [0.05, 0.1) is 17.2 Å². The molecule has 0 aliphatic rings. The summed E-state index contributed by atoms with van der Waals surface area (Å²) >= 11 is 0. The van der Waals surface area contributed by atoms with E-state index < -0.39 is 27.6 Å². The lowest BCUT2D eigenvalue weighted by molar-refractivity contribution is -0.141. The summed E-state index contributed by atoms with van der Waals surface area (Å²) in [4.78, 5) is 23.8. The highest BCUT2D eigenvalue weighted by molar-refractivity contribution is 7.90. The van der Waals surface area contributed by atoms with Gasteiger partial charge < -0.3 is 10.4 Å². The molecule has 2 aromatic carbocycles. The molecular weight excluding hydrogens is 366 g/mol. The average molecular weight is 389 g/mol. The van der Waals surface area contributed by atoms with Gasteiger partial charge in [-0.25, -0.2) is 8.42 Å². The molecule has 0 heterocycles. The standard InChI is InChI=1S/C20H23NO5S/c1-14-6-5-7-15(10-14)11-17(20(23)24)13-21-19(22)12-16-8-3-4-9-18(16)27(2,25)26/h3-10,17H,11-13H2,1-2H3,(H,21,22)(H,23,24). The Bertz CT molecular complexity index is 937. The molecule has 144 valence electrons. The van der Waals surface area contributed by atoms with Crippen LogP contribution in [0.5, 0.6) is 0 Å². The number of carbonyl (C=O) groups excluding carboxylic acids is 1. The van der Waals surface area contributed by atoms with Crippen LogP contribution < -0.4 is 5.32 Å². The van der Waals surface area contributed by atoms with Crippen LogP contribution in [0.1, 0.15) is 16.7 Å². The minimum absolute atomic E-state index is 0.0247. The molecule has 0 bridgehead atoms. The molecule has 1 amide bonds. The first-order valence-electron chi connectivity index (χ1n) is 8.50. The van der Waals surface area contributed by atoms with E-state index in [4.69, 9.17) is 0 Å². The van der Waals surface area contributed by atoms with Crippen LogP contribution in [0.25, 0.3) is 0 Å². The van der Waals surface area contributed by atoms with E-state index >= 15 is 0 Å². The molecule has 7 heteroatoms. The van der Waals surface area contributed by atoms with Crippen molar-refractivity contribution in [1.82, 2.24) is 5.32 Å². The predicted molar refractivity (Wildman–Crippen MR) is 102 cm³/mol. The molecule has 0 spiro atoms. The average Bonchev–Trinajstić information content (AvgIpc) is 2.58. The van der Waals surface area contributed by atoms with Crippen molar-refractivity contribution in [2.75, 3.05) is 12.8 Å². The number of carboxylic acid groups (broad SMARTS) is 1. The van der Waals surface area contributed by atoms with E-state index in [1.807, 2.05) is 31.2 Å². The molecule has 2 rings (SSSR count). The van der Waals surface area contributed by atoms with Gasteiger partial charge in [-0.3, -0.25) is 9.59 Å². The Morgan fingerprint density at radius 1 is 1.11 bits per heavy atom. The minimum atomic E-state index is -3.44. The second-order valence-electron chi connectivity index (χ2n) is 6.59. The molecule has 6 nitrogen and oxygen atoms in total. The molecule has 1 unspecified atom stereocenters. The highest BCUT2D eigenvalue weighted by Gasteiger charge is 2.20. The van der Waals surface area contributed by atoms with Crippen LogP contribution in [0.3, 0.4) is 0 Å². The van der Waals surface area contributed by atoms with Crippen LogP contribution in [0.15, 0.2) is 53.4 Å². The Labute approximate surface area is 159 Å². The van der Waals surface area contributed by atoms with E-state index in [0.717, 1.165) is 17.4 Å². The summed E-state index contributed by atoms with van der Waals surface area (Å²) in [5, 5.41) is 12.0. The van der Waals surface area contributed by atoms with Crippen molar-refractivity contribution < 1.29 is 23.1 Å². The maximum atomic E-state index is 12.2. The van der Waals surface area contributed by atoms with Crippen molar-refractivity contribution in [3.05, 3.63) is 65.2 Å². The maximum absolute atomic E-state index is 12.2. The predicted octanol–water partition coefficient (Wildman–Crippen LogP) is 2.00. The Balaban J connectivity index is 2.02. The normalized spacial score (nSPS) is 12.4. The van der Waals surface area contributed by atoms with Gasteiger partial charge in [0.25, 0.3) is 0 Å². The monoisotopic (exact) mass is 389 g/mol.